The molecular formula is C10H11FN4. The van der Waals surface area contributed by atoms with Crippen LogP contribution in [0, 0.1) is 5.82 Å². The van der Waals surface area contributed by atoms with E-state index >= 15 is 0 Å². The highest BCUT2D eigenvalue weighted by molar-refractivity contribution is 5.89. The Kier molecular flexibility index (Phi) is 1.44. The Hall–Kier alpha value is -1.62. The van der Waals surface area contributed by atoms with Crippen LogP contribution in [-0.2, 0) is 5.54 Å². The van der Waals surface area contributed by atoms with E-state index in [0.717, 1.165) is 11.9 Å². The van der Waals surface area contributed by atoms with Gasteiger partial charge in [-0.25, -0.2) is 4.39 Å². The van der Waals surface area contributed by atoms with Crippen molar-refractivity contribution in [2.75, 3.05) is 12.3 Å². The molecular weight excluding hydrogens is 195 g/mol. The van der Waals surface area contributed by atoms with Gasteiger partial charge >= 0.3 is 0 Å². The van der Waals surface area contributed by atoms with E-state index in [2.05, 4.69) is 15.5 Å². The summed E-state index contributed by atoms with van der Waals surface area (Å²) in [5, 5.41) is 10.5. The van der Waals surface area contributed by atoms with Crippen LogP contribution in [0.15, 0.2) is 12.1 Å². The summed E-state index contributed by atoms with van der Waals surface area (Å²) in [6.45, 7) is 2.76. The van der Waals surface area contributed by atoms with E-state index in [-0.39, 0.29) is 11.4 Å². The number of anilines is 1. The Labute approximate surface area is 85.7 Å². The molecule has 4 nitrogen and oxygen atoms in total. The minimum absolute atomic E-state index is 0.223. The van der Waals surface area contributed by atoms with Gasteiger partial charge in [-0.1, -0.05) is 0 Å². The minimum Gasteiger partial charge on any atom is -0.382 e. The monoisotopic (exact) mass is 206 g/mol. The molecule has 4 N–H and O–H groups in total. The number of rotatable bonds is 1. The fraction of sp³-hybridized carbons (Fsp3) is 0.300. The van der Waals surface area contributed by atoms with Gasteiger partial charge in [-0.15, -0.1) is 0 Å². The molecule has 5 heteroatoms. The maximum Gasteiger partial charge on any atom is 0.153 e. The molecule has 1 aromatic carbocycles. The summed E-state index contributed by atoms with van der Waals surface area (Å²) in [7, 11) is 0. The molecule has 78 valence electrons. The largest absolute Gasteiger partial charge is 0.382 e. The first-order chi connectivity index (χ1) is 7.10. The summed E-state index contributed by atoms with van der Waals surface area (Å²) in [5.41, 5.74) is 6.73. The van der Waals surface area contributed by atoms with Crippen molar-refractivity contribution in [2.45, 2.75) is 12.5 Å². The summed E-state index contributed by atoms with van der Waals surface area (Å²) in [6.07, 6.45) is 0. The number of nitrogens with two attached hydrogens (primary N) is 1. The van der Waals surface area contributed by atoms with Gasteiger partial charge in [0.2, 0.25) is 0 Å². The quantitative estimate of drug-likeness (QED) is 0.611. The van der Waals surface area contributed by atoms with Crippen LogP contribution in [0.5, 0.6) is 0 Å². The molecule has 0 spiro atoms. The van der Waals surface area contributed by atoms with Gasteiger partial charge in [-0.2, -0.15) is 5.10 Å². The van der Waals surface area contributed by atoms with Crippen LogP contribution in [0.3, 0.4) is 0 Å². The van der Waals surface area contributed by atoms with Gasteiger partial charge in [0.25, 0.3) is 0 Å². The summed E-state index contributed by atoms with van der Waals surface area (Å²) in [5.74, 6) is 0.189. The van der Waals surface area contributed by atoms with Crippen LogP contribution in [0.25, 0.3) is 10.9 Å². The number of hydrogen-bond donors (Lipinski definition) is 3. The van der Waals surface area contributed by atoms with E-state index < -0.39 is 0 Å². The summed E-state index contributed by atoms with van der Waals surface area (Å²) < 4.78 is 13.7. The van der Waals surface area contributed by atoms with Crippen molar-refractivity contribution < 1.29 is 4.39 Å². The number of nitrogen functional groups attached to an aromatic ring is 1. The second-order valence-electron chi connectivity index (χ2n) is 4.17. The van der Waals surface area contributed by atoms with Crippen LogP contribution in [0.1, 0.15) is 12.5 Å². The molecule has 3 rings (SSSR count). The van der Waals surface area contributed by atoms with Gasteiger partial charge < -0.3 is 11.1 Å². The van der Waals surface area contributed by atoms with Gasteiger partial charge in [0.1, 0.15) is 5.82 Å². The lowest BCUT2D eigenvalue weighted by Crippen LogP contribution is -2.09. The molecule has 2 heterocycles. The number of nitrogens with one attached hydrogen (secondary N) is 2. The Morgan fingerprint density at radius 1 is 1.53 bits per heavy atom. The molecule has 0 radical (unpaired) electrons. The third kappa shape index (κ3) is 1.13. The number of aromatic amines is 1. The van der Waals surface area contributed by atoms with Gasteiger partial charge in [-0.3, -0.25) is 5.10 Å². The number of fused-ring (bicyclic) bond motifs is 1. The molecule has 15 heavy (non-hydrogen) atoms. The molecule has 1 aromatic heterocycles. The number of hydrogen-bond acceptors (Lipinski definition) is 3. The predicted molar refractivity (Wildman–Crippen MR) is 55.8 cm³/mol. The van der Waals surface area contributed by atoms with Gasteiger partial charge in [-0.05, 0) is 19.1 Å². The van der Waals surface area contributed by atoms with Crippen molar-refractivity contribution in [2.24, 2.45) is 0 Å². The van der Waals surface area contributed by atoms with Crippen molar-refractivity contribution in [1.29, 1.82) is 0 Å². The molecule has 0 aliphatic carbocycles. The molecule has 1 saturated heterocycles. The highest BCUT2D eigenvalue weighted by Gasteiger charge is 2.40. The Bertz CT molecular complexity index is 542. The fourth-order valence-corrected chi connectivity index (χ4v) is 1.80. The number of benzene rings is 1. The first-order valence-electron chi connectivity index (χ1n) is 4.79. The third-order valence-electron chi connectivity index (χ3n) is 2.98. The van der Waals surface area contributed by atoms with Crippen molar-refractivity contribution in [3.8, 4) is 0 Å². The van der Waals surface area contributed by atoms with E-state index in [1.165, 1.54) is 6.07 Å². The van der Waals surface area contributed by atoms with Crippen LogP contribution in [-0.4, -0.2) is 16.7 Å². The van der Waals surface area contributed by atoms with Crippen LogP contribution in [0.4, 0.5) is 10.2 Å². The first kappa shape index (κ1) is 8.67. The minimum atomic E-state index is -0.234. The van der Waals surface area contributed by atoms with Crippen molar-refractivity contribution in [3.05, 3.63) is 23.5 Å². The van der Waals surface area contributed by atoms with Crippen LogP contribution >= 0.6 is 0 Å². The molecule has 0 bridgehead atoms. The van der Waals surface area contributed by atoms with E-state index in [9.17, 15) is 4.39 Å². The smallest absolute Gasteiger partial charge is 0.153 e. The van der Waals surface area contributed by atoms with Crippen molar-refractivity contribution in [3.63, 3.8) is 0 Å². The zero-order valence-electron chi connectivity index (χ0n) is 8.26. The van der Waals surface area contributed by atoms with E-state index in [1.807, 2.05) is 6.92 Å². The van der Waals surface area contributed by atoms with E-state index in [1.54, 1.807) is 6.07 Å². The average Bonchev–Trinajstić information content (AvgIpc) is 2.84. The Morgan fingerprint density at radius 2 is 2.27 bits per heavy atom. The average molecular weight is 206 g/mol. The van der Waals surface area contributed by atoms with Gasteiger partial charge in [0, 0.05) is 17.5 Å². The topological polar surface area (TPSA) is 76.6 Å². The third-order valence-corrected chi connectivity index (χ3v) is 2.98. The number of halogens is 1. The molecule has 1 atom stereocenters. The lowest BCUT2D eigenvalue weighted by atomic mass is 9.99. The molecule has 2 aromatic rings. The lowest BCUT2D eigenvalue weighted by Gasteiger charge is -2.08. The normalized spacial score (nSPS) is 24.7. The maximum atomic E-state index is 13.7. The summed E-state index contributed by atoms with van der Waals surface area (Å²) in [4.78, 5) is 0. The Balaban J connectivity index is 2.30. The molecule has 1 aliphatic rings. The zero-order valence-corrected chi connectivity index (χ0v) is 8.26. The molecule has 0 saturated carbocycles. The van der Waals surface area contributed by atoms with Gasteiger partial charge in [0.15, 0.2) is 5.82 Å². The summed E-state index contributed by atoms with van der Waals surface area (Å²) in [6, 6.07) is 3.21. The zero-order chi connectivity index (χ0) is 10.6. The maximum absolute atomic E-state index is 13.7. The van der Waals surface area contributed by atoms with E-state index in [4.69, 9.17) is 5.73 Å². The lowest BCUT2D eigenvalue weighted by molar-refractivity contribution is 0.585. The van der Waals surface area contributed by atoms with Crippen molar-refractivity contribution in [1.82, 2.24) is 15.5 Å². The van der Waals surface area contributed by atoms with Gasteiger partial charge in [0.05, 0.1) is 11.1 Å². The Morgan fingerprint density at radius 3 is 2.93 bits per heavy atom. The SMILES string of the molecule is C[C@]1(c2cc3c(N)n[nH]c3cc2F)CN1. The first-order valence-corrected chi connectivity index (χ1v) is 4.79. The molecule has 1 aliphatic heterocycles. The summed E-state index contributed by atoms with van der Waals surface area (Å²) >= 11 is 0. The van der Waals surface area contributed by atoms with Crippen LogP contribution in [0.2, 0.25) is 0 Å². The second kappa shape index (κ2) is 2.49. The molecule has 1 fully saturated rings. The second-order valence-corrected chi connectivity index (χ2v) is 4.17. The standard InChI is InChI=1S/C10H11FN4/c1-10(4-13-10)6-2-5-8(3-7(6)11)14-15-9(5)12/h2-3,13H,4H2,1H3,(H3,12,14,15)/t10-/m1/s1. The molecule has 0 unspecified atom stereocenters. The number of nitrogens with zero attached hydrogens (tertiary/aromatic N) is 1. The molecule has 0 amide bonds. The number of H-pyrrole nitrogens is 1. The number of aromatic nitrogens is 2. The fourth-order valence-electron chi connectivity index (χ4n) is 1.80. The predicted octanol–water partition coefficient (Wildman–Crippen LogP) is 1.10. The highest BCUT2D eigenvalue weighted by atomic mass is 19.1. The highest BCUT2D eigenvalue weighted by Crippen LogP contribution is 2.34. The van der Waals surface area contributed by atoms with Crippen LogP contribution < -0.4 is 11.1 Å². The van der Waals surface area contributed by atoms with E-state index in [0.29, 0.717) is 16.9 Å². The van der Waals surface area contributed by atoms with Crippen molar-refractivity contribution >= 4 is 16.7 Å².